The number of halogens is 1. The van der Waals surface area contributed by atoms with Crippen LogP contribution < -0.4 is 15.5 Å². The van der Waals surface area contributed by atoms with E-state index in [1.807, 2.05) is 36.4 Å². The highest BCUT2D eigenvalue weighted by molar-refractivity contribution is 6.33. The first-order valence-electron chi connectivity index (χ1n) is 6.84. The zero-order chi connectivity index (χ0) is 13.9. The molecule has 0 unspecified atom stereocenters. The van der Waals surface area contributed by atoms with Crippen LogP contribution in [-0.4, -0.2) is 26.2 Å². The summed E-state index contributed by atoms with van der Waals surface area (Å²) in [4.78, 5) is 4.70. The second-order valence-corrected chi connectivity index (χ2v) is 5.43. The molecule has 0 aliphatic carbocycles. The third-order valence-corrected chi connectivity index (χ3v) is 4.03. The molecule has 3 nitrogen and oxygen atoms in total. The van der Waals surface area contributed by atoms with Crippen LogP contribution in [0, 0.1) is 0 Å². The minimum atomic E-state index is 0.816. The van der Waals surface area contributed by atoms with Crippen molar-refractivity contribution < 1.29 is 0 Å². The number of anilines is 3. The second-order valence-electron chi connectivity index (χ2n) is 5.02. The number of nitrogens with zero attached hydrogens (tertiary/aromatic N) is 2. The average molecular weight is 288 g/mol. The molecule has 1 aliphatic rings. The predicted octanol–water partition coefficient (Wildman–Crippen LogP) is 3.25. The minimum absolute atomic E-state index is 0.816. The summed E-state index contributed by atoms with van der Waals surface area (Å²) >= 11 is 6.26. The van der Waals surface area contributed by atoms with Gasteiger partial charge in [-0.15, -0.1) is 0 Å². The van der Waals surface area contributed by atoms with Gasteiger partial charge in [0.25, 0.3) is 0 Å². The van der Waals surface area contributed by atoms with E-state index in [0.29, 0.717) is 0 Å². The Bertz CT molecular complexity index is 592. The number of nitrogens with two attached hydrogens (primary N) is 1. The average Bonchev–Trinajstić information content (AvgIpc) is 2.48. The maximum atomic E-state index is 6.26. The predicted molar refractivity (Wildman–Crippen MR) is 86.7 cm³/mol. The standard InChI is InChI=1S/C16H18ClN3/c17-15-6-1-2-7-16(15)20-10-8-19(9-11-20)14-5-3-4-13(18)12-14/h1-7,12H,8-11,18H2. The van der Waals surface area contributed by atoms with E-state index in [1.54, 1.807) is 0 Å². The summed E-state index contributed by atoms with van der Waals surface area (Å²) in [6.07, 6.45) is 0. The van der Waals surface area contributed by atoms with Crippen LogP contribution in [0.25, 0.3) is 0 Å². The largest absolute Gasteiger partial charge is 0.399 e. The quantitative estimate of drug-likeness (QED) is 0.861. The number of hydrogen-bond donors (Lipinski definition) is 1. The highest BCUT2D eigenvalue weighted by atomic mass is 35.5. The van der Waals surface area contributed by atoms with Crippen LogP contribution in [0.4, 0.5) is 17.1 Å². The van der Waals surface area contributed by atoms with Gasteiger partial charge in [-0.25, -0.2) is 0 Å². The van der Waals surface area contributed by atoms with E-state index in [1.165, 1.54) is 5.69 Å². The molecule has 0 bridgehead atoms. The third-order valence-electron chi connectivity index (χ3n) is 3.71. The van der Waals surface area contributed by atoms with Crippen LogP contribution in [0.2, 0.25) is 5.02 Å². The van der Waals surface area contributed by atoms with Crippen molar-refractivity contribution in [3.63, 3.8) is 0 Å². The van der Waals surface area contributed by atoms with Crippen LogP contribution in [0.15, 0.2) is 48.5 Å². The molecule has 1 aliphatic heterocycles. The van der Waals surface area contributed by atoms with Gasteiger partial charge >= 0.3 is 0 Å². The zero-order valence-electron chi connectivity index (χ0n) is 11.3. The Kier molecular flexibility index (Phi) is 3.70. The van der Waals surface area contributed by atoms with Gasteiger partial charge in [0, 0.05) is 37.6 Å². The summed E-state index contributed by atoms with van der Waals surface area (Å²) in [5.74, 6) is 0. The van der Waals surface area contributed by atoms with Crippen molar-refractivity contribution in [3.8, 4) is 0 Å². The van der Waals surface area contributed by atoms with Crippen LogP contribution >= 0.6 is 11.6 Å². The van der Waals surface area contributed by atoms with Crippen molar-refractivity contribution >= 4 is 28.7 Å². The fraction of sp³-hybridized carbons (Fsp3) is 0.250. The topological polar surface area (TPSA) is 32.5 Å². The smallest absolute Gasteiger partial charge is 0.0639 e. The summed E-state index contributed by atoms with van der Waals surface area (Å²) < 4.78 is 0. The molecule has 1 saturated heterocycles. The normalized spacial score (nSPS) is 15.4. The van der Waals surface area contributed by atoms with Gasteiger partial charge in [0.05, 0.1) is 10.7 Å². The molecule has 0 radical (unpaired) electrons. The van der Waals surface area contributed by atoms with E-state index >= 15 is 0 Å². The van der Waals surface area contributed by atoms with Crippen LogP contribution in [-0.2, 0) is 0 Å². The zero-order valence-corrected chi connectivity index (χ0v) is 12.1. The first-order chi connectivity index (χ1) is 9.74. The van der Waals surface area contributed by atoms with Gasteiger partial charge in [0.15, 0.2) is 0 Å². The number of para-hydroxylation sites is 1. The fourth-order valence-electron chi connectivity index (χ4n) is 2.64. The molecular weight excluding hydrogens is 270 g/mol. The Morgan fingerprint density at radius 3 is 2.25 bits per heavy atom. The maximum absolute atomic E-state index is 6.26. The molecule has 0 spiro atoms. The molecule has 0 amide bonds. The molecule has 3 rings (SSSR count). The molecule has 2 aromatic carbocycles. The summed E-state index contributed by atoms with van der Waals surface area (Å²) in [6, 6.07) is 16.1. The van der Waals surface area contributed by atoms with Crippen LogP contribution in [0.1, 0.15) is 0 Å². The number of benzene rings is 2. The Balaban J connectivity index is 1.70. The molecule has 1 heterocycles. The van der Waals surface area contributed by atoms with Crippen molar-refractivity contribution in [2.75, 3.05) is 41.7 Å². The van der Waals surface area contributed by atoms with Gasteiger partial charge in [-0.3, -0.25) is 0 Å². The van der Waals surface area contributed by atoms with Crippen molar-refractivity contribution in [3.05, 3.63) is 53.6 Å². The van der Waals surface area contributed by atoms with Crippen molar-refractivity contribution in [2.45, 2.75) is 0 Å². The van der Waals surface area contributed by atoms with Crippen LogP contribution in [0.5, 0.6) is 0 Å². The highest BCUT2D eigenvalue weighted by Gasteiger charge is 2.18. The lowest BCUT2D eigenvalue weighted by molar-refractivity contribution is 0.654. The SMILES string of the molecule is Nc1cccc(N2CCN(c3ccccc3Cl)CC2)c1. The molecule has 1 fully saturated rings. The van der Waals surface area contributed by atoms with E-state index in [0.717, 1.165) is 42.6 Å². The molecule has 2 aromatic rings. The Labute approximate surface area is 124 Å². The Morgan fingerprint density at radius 1 is 0.850 bits per heavy atom. The highest BCUT2D eigenvalue weighted by Crippen LogP contribution is 2.27. The second kappa shape index (κ2) is 5.63. The van der Waals surface area contributed by atoms with E-state index in [9.17, 15) is 0 Å². The monoisotopic (exact) mass is 287 g/mol. The molecular formula is C16H18ClN3. The summed E-state index contributed by atoms with van der Waals surface area (Å²) in [6.45, 7) is 3.90. The van der Waals surface area contributed by atoms with Gasteiger partial charge in [-0.1, -0.05) is 29.8 Å². The molecule has 20 heavy (non-hydrogen) atoms. The first-order valence-corrected chi connectivity index (χ1v) is 7.22. The third kappa shape index (κ3) is 2.68. The molecule has 0 saturated carbocycles. The van der Waals surface area contributed by atoms with E-state index < -0.39 is 0 Å². The summed E-state index contributed by atoms with van der Waals surface area (Å²) in [7, 11) is 0. The molecule has 0 atom stereocenters. The first kappa shape index (κ1) is 13.1. The molecule has 104 valence electrons. The van der Waals surface area contributed by atoms with E-state index in [4.69, 9.17) is 17.3 Å². The van der Waals surface area contributed by atoms with Gasteiger partial charge in [0.2, 0.25) is 0 Å². The Morgan fingerprint density at radius 2 is 1.55 bits per heavy atom. The number of hydrogen-bond acceptors (Lipinski definition) is 3. The van der Waals surface area contributed by atoms with Crippen molar-refractivity contribution in [1.82, 2.24) is 0 Å². The molecule has 4 heteroatoms. The minimum Gasteiger partial charge on any atom is -0.399 e. The lowest BCUT2D eigenvalue weighted by Crippen LogP contribution is -2.46. The van der Waals surface area contributed by atoms with Gasteiger partial charge in [-0.05, 0) is 30.3 Å². The maximum Gasteiger partial charge on any atom is 0.0639 e. The number of piperazine rings is 1. The lowest BCUT2D eigenvalue weighted by Gasteiger charge is -2.37. The molecule has 2 N–H and O–H groups in total. The summed E-state index contributed by atoms with van der Waals surface area (Å²) in [5.41, 5.74) is 8.99. The number of nitrogen functional groups attached to an aromatic ring is 1. The van der Waals surface area contributed by atoms with Crippen LogP contribution in [0.3, 0.4) is 0 Å². The Hall–Kier alpha value is -1.87. The van der Waals surface area contributed by atoms with Gasteiger partial charge in [0.1, 0.15) is 0 Å². The number of rotatable bonds is 2. The summed E-state index contributed by atoms with van der Waals surface area (Å²) in [5, 5.41) is 0.824. The van der Waals surface area contributed by atoms with Crippen molar-refractivity contribution in [1.29, 1.82) is 0 Å². The van der Waals surface area contributed by atoms with E-state index in [2.05, 4.69) is 21.9 Å². The lowest BCUT2D eigenvalue weighted by atomic mass is 10.2. The molecule has 0 aromatic heterocycles. The fourth-order valence-corrected chi connectivity index (χ4v) is 2.89. The van der Waals surface area contributed by atoms with E-state index in [-0.39, 0.29) is 0 Å². The van der Waals surface area contributed by atoms with Gasteiger partial charge in [-0.2, -0.15) is 0 Å². The van der Waals surface area contributed by atoms with Crippen molar-refractivity contribution in [2.24, 2.45) is 0 Å². The van der Waals surface area contributed by atoms with Gasteiger partial charge < -0.3 is 15.5 Å².